The van der Waals surface area contributed by atoms with Crippen LogP contribution in [0, 0.1) is 19.8 Å². The number of hydrogen-bond donors (Lipinski definition) is 1. The van der Waals surface area contributed by atoms with Crippen LogP contribution in [0.1, 0.15) is 48.7 Å². The number of hydrogen-bond acceptors (Lipinski definition) is 4. The zero-order valence-corrected chi connectivity index (χ0v) is 11.6. The van der Waals surface area contributed by atoms with E-state index in [0.29, 0.717) is 17.4 Å². The average Bonchev–Trinajstić information content (AvgIpc) is 2.86. The van der Waals surface area contributed by atoms with Crippen LogP contribution >= 0.6 is 0 Å². The van der Waals surface area contributed by atoms with Crippen LogP contribution in [-0.2, 0) is 4.79 Å². The fourth-order valence-corrected chi connectivity index (χ4v) is 2.96. The van der Waals surface area contributed by atoms with Crippen molar-refractivity contribution in [1.82, 2.24) is 9.97 Å². The number of methoxy groups -OCH3 is 1. The Kier molecular flexibility index (Phi) is 4.02. The van der Waals surface area contributed by atoms with Crippen molar-refractivity contribution in [1.29, 1.82) is 0 Å². The Morgan fingerprint density at radius 1 is 1.32 bits per heavy atom. The van der Waals surface area contributed by atoms with E-state index in [2.05, 4.69) is 9.97 Å². The molecule has 1 heterocycles. The van der Waals surface area contributed by atoms with Gasteiger partial charge in [0.2, 0.25) is 5.88 Å². The van der Waals surface area contributed by atoms with Crippen LogP contribution in [0.3, 0.4) is 0 Å². The maximum Gasteiger partial charge on any atom is 0.312 e. The lowest BCUT2D eigenvalue weighted by molar-refractivity contribution is -0.140. The number of ether oxygens (including phenoxy) is 1. The quantitative estimate of drug-likeness (QED) is 0.904. The maximum absolute atomic E-state index is 11.6. The highest BCUT2D eigenvalue weighted by Gasteiger charge is 2.35. The summed E-state index contributed by atoms with van der Waals surface area (Å²) in [4.78, 5) is 20.2. The summed E-state index contributed by atoms with van der Waals surface area (Å²) in [5.41, 5.74) is 1.36. The lowest BCUT2D eigenvalue weighted by atomic mass is 9.86. The van der Waals surface area contributed by atoms with E-state index in [9.17, 15) is 9.90 Å². The molecule has 0 bridgehead atoms. The predicted molar refractivity (Wildman–Crippen MR) is 70.4 cm³/mol. The van der Waals surface area contributed by atoms with Gasteiger partial charge in [-0.2, -0.15) is 4.98 Å². The van der Waals surface area contributed by atoms with E-state index in [1.54, 1.807) is 14.0 Å². The van der Waals surface area contributed by atoms with Gasteiger partial charge in [-0.15, -0.1) is 0 Å². The van der Waals surface area contributed by atoms with Crippen LogP contribution in [0.5, 0.6) is 5.88 Å². The molecule has 0 amide bonds. The van der Waals surface area contributed by atoms with Crippen LogP contribution in [0.25, 0.3) is 0 Å². The van der Waals surface area contributed by atoms with Crippen LogP contribution in [0.15, 0.2) is 0 Å². The highest BCUT2D eigenvalue weighted by molar-refractivity contribution is 5.76. The minimum atomic E-state index is -0.796. The second kappa shape index (κ2) is 5.55. The Hall–Kier alpha value is -1.65. The zero-order valence-electron chi connectivity index (χ0n) is 11.6. The molecule has 1 N–H and O–H groups in total. The first-order valence-electron chi connectivity index (χ1n) is 6.66. The van der Waals surface area contributed by atoms with Crippen LogP contribution in [0.2, 0.25) is 0 Å². The van der Waals surface area contributed by atoms with Crippen molar-refractivity contribution in [2.24, 2.45) is 5.92 Å². The molecule has 104 valence electrons. The van der Waals surface area contributed by atoms with E-state index in [4.69, 9.17) is 4.74 Å². The number of rotatable bonds is 4. The molecule has 1 aliphatic carbocycles. The van der Waals surface area contributed by atoms with Gasteiger partial charge in [0.15, 0.2) is 0 Å². The van der Waals surface area contributed by atoms with Gasteiger partial charge in [-0.3, -0.25) is 4.79 Å². The number of aryl methyl sites for hydroxylation is 1. The lowest BCUT2D eigenvalue weighted by Gasteiger charge is -2.21. The molecular formula is C14H20N2O3. The van der Waals surface area contributed by atoms with Gasteiger partial charge in [0.05, 0.1) is 12.8 Å². The highest BCUT2D eigenvalue weighted by atomic mass is 16.5. The summed E-state index contributed by atoms with van der Waals surface area (Å²) in [5, 5.41) is 9.56. The summed E-state index contributed by atoms with van der Waals surface area (Å²) in [5.74, 6) is -0.128. The fraction of sp³-hybridized carbons (Fsp3) is 0.643. The molecule has 1 aromatic rings. The van der Waals surface area contributed by atoms with E-state index < -0.39 is 11.9 Å². The molecule has 0 spiro atoms. The summed E-state index contributed by atoms with van der Waals surface area (Å²) in [6, 6.07) is 0. The Morgan fingerprint density at radius 3 is 2.47 bits per heavy atom. The summed E-state index contributed by atoms with van der Waals surface area (Å²) in [6.07, 6.45) is 4.13. The van der Waals surface area contributed by atoms with Crippen molar-refractivity contribution in [2.45, 2.75) is 45.4 Å². The third-order valence-electron chi connectivity index (χ3n) is 3.88. The van der Waals surface area contributed by atoms with E-state index in [1.807, 2.05) is 6.92 Å². The van der Waals surface area contributed by atoms with E-state index in [1.165, 1.54) is 0 Å². The molecule has 1 fully saturated rings. The van der Waals surface area contributed by atoms with E-state index in [-0.39, 0.29) is 5.92 Å². The normalized spacial score (nSPS) is 17.4. The second-order valence-electron chi connectivity index (χ2n) is 5.15. The first-order valence-corrected chi connectivity index (χ1v) is 6.66. The molecule has 0 aliphatic heterocycles. The second-order valence-corrected chi connectivity index (χ2v) is 5.15. The Bertz CT molecular complexity index is 482. The lowest BCUT2D eigenvalue weighted by Crippen LogP contribution is -2.22. The summed E-state index contributed by atoms with van der Waals surface area (Å²) in [7, 11) is 1.55. The van der Waals surface area contributed by atoms with E-state index >= 15 is 0 Å². The standard InChI is InChI=1S/C14H20N2O3/c1-8-12(15-9(2)16-13(8)19-3)11(14(17)18)10-6-4-5-7-10/h10-11H,4-7H2,1-3H3,(H,17,18). The van der Waals surface area contributed by atoms with Crippen molar-refractivity contribution in [3.05, 3.63) is 17.1 Å². The molecule has 2 rings (SSSR count). The van der Waals surface area contributed by atoms with Crippen molar-refractivity contribution in [3.63, 3.8) is 0 Å². The number of carboxylic acids is 1. The fourth-order valence-electron chi connectivity index (χ4n) is 2.96. The molecule has 1 aromatic heterocycles. The largest absolute Gasteiger partial charge is 0.481 e. The zero-order chi connectivity index (χ0) is 14.0. The molecule has 5 nitrogen and oxygen atoms in total. The summed E-state index contributed by atoms with van der Waals surface area (Å²) in [6.45, 7) is 3.59. The molecule has 1 aliphatic rings. The third-order valence-corrected chi connectivity index (χ3v) is 3.88. The van der Waals surface area contributed by atoms with Crippen LogP contribution in [0.4, 0.5) is 0 Å². The van der Waals surface area contributed by atoms with Gasteiger partial charge in [-0.25, -0.2) is 4.98 Å². The maximum atomic E-state index is 11.6. The third kappa shape index (κ3) is 2.69. The Balaban J connectivity index is 2.46. The van der Waals surface area contributed by atoms with Gasteiger partial charge in [0.1, 0.15) is 11.7 Å². The Morgan fingerprint density at radius 2 is 1.95 bits per heavy atom. The van der Waals surface area contributed by atoms with Crippen LogP contribution < -0.4 is 4.74 Å². The molecule has 1 saturated carbocycles. The molecular weight excluding hydrogens is 244 g/mol. The number of aliphatic carboxylic acids is 1. The smallest absolute Gasteiger partial charge is 0.312 e. The highest BCUT2D eigenvalue weighted by Crippen LogP contribution is 2.39. The van der Waals surface area contributed by atoms with Crippen molar-refractivity contribution < 1.29 is 14.6 Å². The monoisotopic (exact) mass is 264 g/mol. The first-order chi connectivity index (χ1) is 9.04. The minimum absolute atomic E-state index is 0.176. The number of carbonyl (C=O) groups is 1. The minimum Gasteiger partial charge on any atom is -0.481 e. The van der Waals surface area contributed by atoms with Gasteiger partial charge in [0.25, 0.3) is 0 Å². The number of nitrogens with zero attached hydrogens (tertiary/aromatic N) is 2. The predicted octanol–water partition coefficient (Wildman–Crippen LogP) is 2.46. The van der Waals surface area contributed by atoms with Gasteiger partial charge >= 0.3 is 5.97 Å². The van der Waals surface area contributed by atoms with Crippen molar-refractivity contribution in [3.8, 4) is 5.88 Å². The summed E-state index contributed by atoms with van der Waals surface area (Å²) >= 11 is 0. The molecule has 0 radical (unpaired) electrons. The number of aromatic nitrogens is 2. The Labute approximate surface area is 113 Å². The van der Waals surface area contributed by atoms with Gasteiger partial charge < -0.3 is 9.84 Å². The molecule has 19 heavy (non-hydrogen) atoms. The van der Waals surface area contributed by atoms with Crippen molar-refractivity contribution >= 4 is 5.97 Å². The molecule has 1 atom stereocenters. The van der Waals surface area contributed by atoms with Gasteiger partial charge in [0, 0.05) is 5.56 Å². The summed E-state index contributed by atoms with van der Waals surface area (Å²) < 4.78 is 5.21. The average molecular weight is 264 g/mol. The SMILES string of the molecule is COc1nc(C)nc(C(C(=O)O)C2CCCC2)c1C. The molecule has 0 aromatic carbocycles. The van der Waals surface area contributed by atoms with Gasteiger partial charge in [-0.05, 0) is 32.6 Å². The first kappa shape index (κ1) is 13.8. The molecule has 0 saturated heterocycles. The molecule has 5 heteroatoms. The molecule has 1 unspecified atom stereocenters. The number of carboxylic acid groups (broad SMARTS) is 1. The van der Waals surface area contributed by atoms with Gasteiger partial charge in [-0.1, -0.05) is 12.8 Å². The topological polar surface area (TPSA) is 72.3 Å². The van der Waals surface area contributed by atoms with E-state index in [0.717, 1.165) is 31.2 Å². The van der Waals surface area contributed by atoms with Crippen molar-refractivity contribution in [2.75, 3.05) is 7.11 Å². The van der Waals surface area contributed by atoms with Crippen LogP contribution in [-0.4, -0.2) is 28.2 Å².